The van der Waals surface area contributed by atoms with E-state index in [1.165, 1.54) is 12.1 Å². The van der Waals surface area contributed by atoms with Crippen LogP contribution in [0.25, 0.3) is 6.08 Å². The van der Waals surface area contributed by atoms with E-state index in [1.54, 1.807) is 18.3 Å². The number of nitrogens with two attached hydrogens (primary N) is 1. The van der Waals surface area contributed by atoms with Gasteiger partial charge in [0.1, 0.15) is 5.82 Å². The second kappa shape index (κ2) is 7.23. The number of piperidine rings is 1. The molecule has 2 aromatic rings. The fourth-order valence-corrected chi connectivity index (χ4v) is 5.11. The average Bonchev–Trinajstić information content (AvgIpc) is 3.31. The first-order valence-corrected chi connectivity index (χ1v) is 10.3. The lowest BCUT2D eigenvalue weighted by Gasteiger charge is -2.40. The molecule has 2 atom stereocenters. The summed E-state index contributed by atoms with van der Waals surface area (Å²) < 4.78 is 13.2. The van der Waals surface area contributed by atoms with Crippen molar-refractivity contribution in [2.75, 3.05) is 5.32 Å². The monoisotopic (exact) mass is 406 g/mol. The molecule has 3 aliphatic rings. The lowest BCUT2D eigenvalue weighted by molar-refractivity contribution is 0.0583. The molecule has 1 aliphatic carbocycles. The minimum Gasteiger partial charge on any atom is -0.381 e. The predicted molar refractivity (Wildman–Crippen MR) is 112 cm³/mol. The molecule has 154 valence electrons. The number of amides is 2. The quantitative estimate of drug-likeness (QED) is 0.817. The van der Waals surface area contributed by atoms with Gasteiger partial charge in [-0.15, -0.1) is 0 Å². The Morgan fingerprint density at radius 2 is 1.83 bits per heavy atom. The van der Waals surface area contributed by atoms with Gasteiger partial charge in [0, 0.05) is 41.9 Å². The van der Waals surface area contributed by atoms with Gasteiger partial charge in [-0.2, -0.15) is 0 Å². The first-order chi connectivity index (χ1) is 14.5. The molecule has 1 aromatic heterocycles. The van der Waals surface area contributed by atoms with Crippen LogP contribution in [-0.4, -0.2) is 39.8 Å². The van der Waals surface area contributed by atoms with E-state index in [9.17, 15) is 14.0 Å². The second-order valence-electron chi connectivity index (χ2n) is 8.29. The van der Waals surface area contributed by atoms with Gasteiger partial charge < -0.3 is 16.0 Å². The van der Waals surface area contributed by atoms with Crippen LogP contribution in [0.4, 0.5) is 10.1 Å². The van der Waals surface area contributed by atoms with Crippen LogP contribution < -0.4 is 11.1 Å². The second-order valence-corrected chi connectivity index (χ2v) is 8.29. The van der Waals surface area contributed by atoms with Crippen LogP contribution in [-0.2, 0) is 6.42 Å². The van der Waals surface area contributed by atoms with Crippen molar-refractivity contribution < 1.29 is 14.0 Å². The number of rotatable bonds is 4. The third-order valence-electron chi connectivity index (χ3n) is 6.47. The molecule has 30 heavy (non-hydrogen) atoms. The Kier molecular flexibility index (Phi) is 4.53. The van der Waals surface area contributed by atoms with E-state index in [1.807, 2.05) is 17.1 Å². The zero-order valence-electron chi connectivity index (χ0n) is 16.5. The summed E-state index contributed by atoms with van der Waals surface area (Å²) in [6.07, 6.45) is 9.81. The van der Waals surface area contributed by atoms with Crippen molar-refractivity contribution in [2.24, 2.45) is 5.73 Å². The van der Waals surface area contributed by atoms with Gasteiger partial charge in [0.25, 0.3) is 11.8 Å². The van der Waals surface area contributed by atoms with Gasteiger partial charge >= 0.3 is 0 Å². The number of nitrogens with zero attached hydrogens (tertiary/aromatic N) is 2. The number of pyridine rings is 1. The van der Waals surface area contributed by atoms with Crippen LogP contribution in [0.15, 0.2) is 36.5 Å². The van der Waals surface area contributed by atoms with E-state index in [4.69, 9.17) is 5.73 Å². The molecule has 2 bridgehead atoms. The number of anilines is 1. The molecule has 6 nitrogen and oxygen atoms in total. The summed E-state index contributed by atoms with van der Waals surface area (Å²) in [6.45, 7) is 0. The van der Waals surface area contributed by atoms with Crippen molar-refractivity contribution in [2.45, 2.75) is 50.2 Å². The van der Waals surface area contributed by atoms with Crippen molar-refractivity contribution in [1.29, 1.82) is 0 Å². The third-order valence-corrected chi connectivity index (χ3v) is 6.47. The molecule has 0 unspecified atom stereocenters. The molecule has 0 spiro atoms. The van der Waals surface area contributed by atoms with E-state index < -0.39 is 5.91 Å². The number of carbonyl (C=O) groups is 2. The predicted octanol–water partition coefficient (Wildman–Crippen LogP) is 3.14. The Hall–Kier alpha value is -3.22. The SMILES string of the molecule is NC(=O)c1cnc2c(c1NC1C[C@@H]3CC[C@@H](C1)N3C(=O)c1ccc(F)cc1)C=CC2. The minimum atomic E-state index is -0.500. The lowest BCUT2D eigenvalue weighted by atomic mass is 9.95. The van der Waals surface area contributed by atoms with Crippen molar-refractivity contribution in [1.82, 2.24) is 9.88 Å². The molecule has 5 rings (SSSR count). The van der Waals surface area contributed by atoms with Crippen LogP contribution in [0.3, 0.4) is 0 Å². The molecule has 2 saturated heterocycles. The van der Waals surface area contributed by atoms with Gasteiger partial charge in [-0.3, -0.25) is 14.6 Å². The maximum absolute atomic E-state index is 13.2. The number of carbonyl (C=O) groups excluding carboxylic acids is 2. The van der Waals surface area contributed by atoms with Gasteiger partial charge in [-0.05, 0) is 49.9 Å². The normalized spacial score (nSPS) is 24.0. The van der Waals surface area contributed by atoms with Crippen LogP contribution >= 0.6 is 0 Å². The zero-order chi connectivity index (χ0) is 20.8. The summed E-state index contributed by atoms with van der Waals surface area (Å²) in [4.78, 5) is 31.3. The third kappa shape index (κ3) is 3.14. The number of fused-ring (bicyclic) bond motifs is 3. The molecule has 3 N–H and O–H groups in total. The molecule has 0 saturated carbocycles. The number of hydrogen-bond acceptors (Lipinski definition) is 4. The van der Waals surface area contributed by atoms with Gasteiger partial charge in [-0.1, -0.05) is 12.2 Å². The van der Waals surface area contributed by atoms with E-state index in [0.29, 0.717) is 11.1 Å². The highest BCUT2D eigenvalue weighted by molar-refractivity contribution is 6.00. The van der Waals surface area contributed by atoms with Crippen LogP contribution in [0.5, 0.6) is 0 Å². The molecule has 7 heteroatoms. The highest BCUT2D eigenvalue weighted by atomic mass is 19.1. The Balaban J connectivity index is 1.37. The van der Waals surface area contributed by atoms with Crippen molar-refractivity contribution in [3.63, 3.8) is 0 Å². The summed E-state index contributed by atoms with van der Waals surface area (Å²) in [5.41, 5.74) is 9.14. The van der Waals surface area contributed by atoms with Crippen LogP contribution in [0, 0.1) is 5.82 Å². The Labute approximate surface area is 174 Å². The molecule has 2 amide bonds. The average molecular weight is 406 g/mol. The number of benzene rings is 1. The highest BCUT2D eigenvalue weighted by Crippen LogP contribution is 2.39. The van der Waals surface area contributed by atoms with E-state index in [-0.39, 0.29) is 29.8 Å². The van der Waals surface area contributed by atoms with Gasteiger partial charge in [0.15, 0.2) is 0 Å². The number of primary amides is 1. The van der Waals surface area contributed by atoms with Gasteiger partial charge in [-0.25, -0.2) is 4.39 Å². The zero-order valence-corrected chi connectivity index (χ0v) is 16.5. The van der Waals surface area contributed by atoms with E-state index in [0.717, 1.165) is 49.0 Å². The highest BCUT2D eigenvalue weighted by Gasteiger charge is 2.43. The molecule has 1 aromatic carbocycles. The van der Waals surface area contributed by atoms with E-state index in [2.05, 4.69) is 10.3 Å². The summed E-state index contributed by atoms with van der Waals surface area (Å²) in [5.74, 6) is -0.881. The number of nitrogens with one attached hydrogen (secondary N) is 1. The number of halogens is 1. The number of allylic oxidation sites excluding steroid dienone is 1. The number of hydrogen-bond donors (Lipinski definition) is 2. The fraction of sp³-hybridized carbons (Fsp3) is 0.348. The van der Waals surface area contributed by atoms with Crippen LogP contribution in [0.2, 0.25) is 0 Å². The summed E-state index contributed by atoms with van der Waals surface area (Å²) >= 11 is 0. The Morgan fingerprint density at radius 1 is 1.13 bits per heavy atom. The van der Waals surface area contributed by atoms with Crippen LogP contribution in [0.1, 0.15) is 57.7 Å². The van der Waals surface area contributed by atoms with Gasteiger partial charge in [0.2, 0.25) is 0 Å². The smallest absolute Gasteiger partial charge is 0.254 e. The Bertz CT molecular complexity index is 1040. The molecular weight excluding hydrogens is 383 g/mol. The van der Waals surface area contributed by atoms with E-state index >= 15 is 0 Å². The molecular formula is C23H23FN4O2. The number of aromatic nitrogens is 1. The minimum absolute atomic E-state index is 0.0356. The first-order valence-electron chi connectivity index (χ1n) is 10.3. The fourth-order valence-electron chi connectivity index (χ4n) is 5.11. The largest absolute Gasteiger partial charge is 0.381 e. The summed E-state index contributed by atoms with van der Waals surface area (Å²) in [7, 11) is 0. The summed E-state index contributed by atoms with van der Waals surface area (Å²) in [5, 5.41) is 3.56. The summed E-state index contributed by atoms with van der Waals surface area (Å²) in [6, 6.07) is 6.14. The molecule has 2 aliphatic heterocycles. The van der Waals surface area contributed by atoms with Crippen molar-refractivity contribution in [3.05, 3.63) is 64.7 Å². The van der Waals surface area contributed by atoms with Crippen molar-refractivity contribution >= 4 is 23.6 Å². The molecule has 0 radical (unpaired) electrons. The van der Waals surface area contributed by atoms with Crippen molar-refractivity contribution in [3.8, 4) is 0 Å². The Morgan fingerprint density at radius 3 is 2.50 bits per heavy atom. The topological polar surface area (TPSA) is 88.3 Å². The maximum atomic E-state index is 13.2. The first kappa shape index (κ1) is 18.8. The van der Waals surface area contributed by atoms with Gasteiger partial charge in [0.05, 0.1) is 16.9 Å². The lowest BCUT2D eigenvalue weighted by Crippen LogP contribution is -2.49. The maximum Gasteiger partial charge on any atom is 0.254 e. The molecule has 2 fully saturated rings. The standard InChI is InChI=1S/C23H23FN4O2/c24-14-6-4-13(5-7-14)23(30)28-16-8-9-17(28)11-15(10-16)27-21-18-2-1-3-20(18)26-12-19(21)22(25)29/h1-2,4-7,12,15-17H,3,8-11H2,(H2,25,29)(H,26,27)/t16-,17-/m0/s1. The molecule has 3 heterocycles.